The zero-order chi connectivity index (χ0) is 20.1. The molecular weight excluding hydrogens is 376 g/mol. The van der Waals surface area contributed by atoms with E-state index in [1.807, 2.05) is 61.5 Å². The number of hydrogen-bond acceptors (Lipinski definition) is 4. The summed E-state index contributed by atoms with van der Waals surface area (Å²) in [7, 11) is -3.76. The number of non-ortho nitro benzene ring substituents is 1. The summed E-state index contributed by atoms with van der Waals surface area (Å²) >= 11 is 0. The van der Waals surface area contributed by atoms with Crippen LogP contribution < -0.4 is 4.72 Å². The third-order valence-electron chi connectivity index (χ3n) is 4.32. The van der Waals surface area contributed by atoms with E-state index in [1.165, 1.54) is 18.2 Å². The monoisotopic (exact) mass is 396 g/mol. The van der Waals surface area contributed by atoms with Crippen LogP contribution in [0.3, 0.4) is 0 Å². The van der Waals surface area contributed by atoms with Gasteiger partial charge in [0.05, 0.1) is 16.7 Å². The van der Waals surface area contributed by atoms with Crippen molar-refractivity contribution in [1.29, 1.82) is 0 Å². The smallest absolute Gasteiger partial charge is 0.258 e. The maximum absolute atomic E-state index is 12.8. The Labute approximate surface area is 164 Å². The predicted octanol–water partition coefficient (Wildman–Crippen LogP) is 4.11. The molecular formula is C21H20N2O4S. The Kier molecular flexibility index (Phi) is 5.87. The number of nitrogens with zero attached hydrogens (tertiary/aromatic N) is 1. The zero-order valence-corrected chi connectivity index (χ0v) is 16.1. The van der Waals surface area contributed by atoms with Crippen molar-refractivity contribution in [3.05, 3.63) is 111 Å². The lowest BCUT2D eigenvalue weighted by Gasteiger charge is -2.20. The summed E-state index contributed by atoms with van der Waals surface area (Å²) in [5.74, 6) is -0.343. The molecule has 0 bridgehead atoms. The molecule has 144 valence electrons. The standard InChI is InChI=1S/C21H20N2O4S/c1-16-10-12-19(13-11-16)21(18-7-3-2-4-8-18)22-28(26,27)15-17-6-5-9-20(14-17)23(24)25/h2-14,21-22H,15H2,1H3/t21-/m1/s1. The van der Waals surface area contributed by atoms with Crippen LogP contribution in [-0.2, 0) is 15.8 Å². The highest BCUT2D eigenvalue weighted by atomic mass is 32.2. The van der Waals surface area contributed by atoms with E-state index in [-0.39, 0.29) is 11.4 Å². The van der Waals surface area contributed by atoms with E-state index in [4.69, 9.17) is 0 Å². The molecule has 28 heavy (non-hydrogen) atoms. The summed E-state index contributed by atoms with van der Waals surface area (Å²) in [5, 5.41) is 10.9. The lowest BCUT2D eigenvalue weighted by molar-refractivity contribution is -0.384. The first-order valence-electron chi connectivity index (χ1n) is 8.69. The number of hydrogen-bond donors (Lipinski definition) is 1. The van der Waals surface area contributed by atoms with Gasteiger partial charge in [-0.2, -0.15) is 0 Å². The van der Waals surface area contributed by atoms with Gasteiger partial charge in [-0.3, -0.25) is 10.1 Å². The van der Waals surface area contributed by atoms with Crippen LogP contribution in [0.25, 0.3) is 0 Å². The van der Waals surface area contributed by atoms with Gasteiger partial charge in [0.1, 0.15) is 0 Å². The van der Waals surface area contributed by atoms with Gasteiger partial charge in [0, 0.05) is 12.1 Å². The van der Waals surface area contributed by atoms with Crippen LogP contribution in [-0.4, -0.2) is 13.3 Å². The molecule has 3 aromatic carbocycles. The molecule has 0 fully saturated rings. The topological polar surface area (TPSA) is 89.3 Å². The lowest BCUT2D eigenvalue weighted by atomic mass is 9.99. The van der Waals surface area contributed by atoms with Crippen molar-refractivity contribution in [3.63, 3.8) is 0 Å². The summed E-state index contributed by atoms with van der Waals surface area (Å²) < 4.78 is 28.4. The van der Waals surface area contributed by atoms with Gasteiger partial charge in [-0.1, -0.05) is 72.3 Å². The van der Waals surface area contributed by atoms with Gasteiger partial charge in [0.15, 0.2) is 0 Å². The number of nitrogens with one attached hydrogen (secondary N) is 1. The van der Waals surface area contributed by atoms with Crippen molar-refractivity contribution in [2.75, 3.05) is 0 Å². The summed E-state index contributed by atoms with van der Waals surface area (Å²) in [4.78, 5) is 10.4. The average molecular weight is 396 g/mol. The Hall–Kier alpha value is -3.03. The van der Waals surface area contributed by atoms with E-state index in [0.717, 1.165) is 16.7 Å². The second-order valence-corrected chi connectivity index (χ2v) is 8.31. The lowest BCUT2D eigenvalue weighted by Crippen LogP contribution is -2.30. The Balaban J connectivity index is 1.90. The third kappa shape index (κ3) is 5.03. The minimum atomic E-state index is -3.76. The van der Waals surface area contributed by atoms with Crippen molar-refractivity contribution in [2.45, 2.75) is 18.7 Å². The van der Waals surface area contributed by atoms with Crippen molar-refractivity contribution < 1.29 is 13.3 Å². The van der Waals surface area contributed by atoms with Crippen molar-refractivity contribution >= 4 is 15.7 Å². The first-order valence-corrected chi connectivity index (χ1v) is 10.3. The second kappa shape index (κ2) is 8.33. The summed E-state index contributed by atoms with van der Waals surface area (Å²) in [6.07, 6.45) is 0. The third-order valence-corrected chi connectivity index (χ3v) is 5.63. The Bertz CT molecular complexity index is 1070. The first kappa shape index (κ1) is 19.7. The minimum Gasteiger partial charge on any atom is -0.258 e. The molecule has 0 aliphatic rings. The van der Waals surface area contributed by atoms with Gasteiger partial charge in [-0.15, -0.1) is 0 Å². The van der Waals surface area contributed by atoms with Crippen LogP contribution in [0.15, 0.2) is 78.9 Å². The molecule has 0 aromatic heterocycles. The highest BCUT2D eigenvalue weighted by molar-refractivity contribution is 7.88. The molecule has 0 unspecified atom stereocenters. The fraction of sp³-hybridized carbons (Fsp3) is 0.143. The SMILES string of the molecule is Cc1ccc([C@H](NS(=O)(=O)Cc2cccc([N+](=O)[O-])c2)c2ccccc2)cc1. The van der Waals surface area contributed by atoms with E-state index in [9.17, 15) is 18.5 Å². The van der Waals surface area contributed by atoms with Gasteiger partial charge < -0.3 is 0 Å². The number of sulfonamides is 1. The molecule has 1 N–H and O–H groups in total. The fourth-order valence-corrected chi connectivity index (χ4v) is 4.27. The van der Waals surface area contributed by atoms with Gasteiger partial charge in [-0.05, 0) is 23.6 Å². The summed E-state index contributed by atoms with van der Waals surface area (Å²) in [5.41, 5.74) is 2.94. The van der Waals surface area contributed by atoms with Crippen LogP contribution in [0.1, 0.15) is 28.3 Å². The highest BCUT2D eigenvalue weighted by Crippen LogP contribution is 2.24. The summed E-state index contributed by atoms with van der Waals surface area (Å²) in [6, 6.07) is 22.1. The van der Waals surface area contributed by atoms with Crippen LogP contribution in [0, 0.1) is 17.0 Å². The van der Waals surface area contributed by atoms with Crippen LogP contribution in [0.2, 0.25) is 0 Å². The summed E-state index contributed by atoms with van der Waals surface area (Å²) in [6.45, 7) is 1.97. The quantitative estimate of drug-likeness (QED) is 0.481. The number of benzene rings is 3. The van der Waals surface area contributed by atoms with Gasteiger partial charge in [0.25, 0.3) is 5.69 Å². The largest absolute Gasteiger partial charge is 0.269 e. The molecule has 0 radical (unpaired) electrons. The Morgan fingerprint density at radius 3 is 2.21 bits per heavy atom. The predicted molar refractivity (Wildman–Crippen MR) is 108 cm³/mol. The molecule has 7 heteroatoms. The molecule has 0 saturated carbocycles. The molecule has 3 aromatic rings. The molecule has 1 atom stereocenters. The second-order valence-electron chi connectivity index (χ2n) is 6.56. The Morgan fingerprint density at radius 2 is 1.57 bits per heavy atom. The van der Waals surface area contributed by atoms with E-state index < -0.39 is 21.0 Å². The van der Waals surface area contributed by atoms with Gasteiger partial charge in [0.2, 0.25) is 10.0 Å². The zero-order valence-electron chi connectivity index (χ0n) is 15.3. The molecule has 0 aliphatic heterocycles. The van der Waals surface area contributed by atoms with E-state index in [2.05, 4.69) is 4.72 Å². The maximum atomic E-state index is 12.8. The van der Waals surface area contributed by atoms with Crippen molar-refractivity contribution in [2.24, 2.45) is 0 Å². The number of aryl methyl sites for hydroxylation is 1. The maximum Gasteiger partial charge on any atom is 0.269 e. The number of rotatable bonds is 7. The molecule has 0 amide bonds. The Morgan fingerprint density at radius 1 is 0.929 bits per heavy atom. The molecule has 0 aliphatic carbocycles. The van der Waals surface area contributed by atoms with Gasteiger partial charge in [-0.25, -0.2) is 13.1 Å². The van der Waals surface area contributed by atoms with Crippen LogP contribution >= 0.6 is 0 Å². The fourth-order valence-electron chi connectivity index (χ4n) is 2.93. The molecule has 0 heterocycles. The van der Waals surface area contributed by atoms with Crippen LogP contribution in [0.5, 0.6) is 0 Å². The van der Waals surface area contributed by atoms with E-state index in [1.54, 1.807) is 6.07 Å². The molecule has 0 spiro atoms. The van der Waals surface area contributed by atoms with E-state index >= 15 is 0 Å². The van der Waals surface area contributed by atoms with E-state index in [0.29, 0.717) is 5.56 Å². The van der Waals surface area contributed by atoms with Crippen molar-refractivity contribution in [3.8, 4) is 0 Å². The number of nitro benzene ring substituents is 1. The molecule has 6 nitrogen and oxygen atoms in total. The molecule has 0 saturated heterocycles. The first-order chi connectivity index (χ1) is 13.3. The number of nitro groups is 1. The van der Waals surface area contributed by atoms with Crippen molar-refractivity contribution in [1.82, 2.24) is 4.72 Å². The average Bonchev–Trinajstić information content (AvgIpc) is 2.67. The highest BCUT2D eigenvalue weighted by Gasteiger charge is 2.22. The minimum absolute atomic E-state index is 0.133. The molecule has 3 rings (SSSR count). The van der Waals surface area contributed by atoms with Gasteiger partial charge >= 0.3 is 0 Å². The normalized spacial score (nSPS) is 12.5. The van der Waals surface area contributed by atoms with Crippen LogP contribution in [0.4, 0.5) is 5.69 Å².